The van der Waals surface area contributed by atoms with Crippen molar-refractivity contribution in [1.82, 2.24) is 0 Å². The highest BCUT2D eigenvalue weighted by atomic mass is 19.4. The Bertz CT molecular complexity index is 461. The lowest BCUT2D eigenvalue weighted by molar-refractivity contribution is -0.274. The number of nitrogens with zero attached hydrogens (tertiary/aromatic N) is 1. The Kier molecular flexibility index (Phi) is 5.26. The van der Waals surface area contributed by atoms with Crippen LogP contribution in [0.25, 0.3) is 0 Å². The SMILES string of the molecule is CC(C)(C#N)CCCNc1ccc(OC(F)(F)F)cc1. The van der Waals surface area contributed by atoms with Gasteiger partial charge in [-0.15, -0.1) is 13.2 Å². The normalized spacial score (nSPS) is 11.8. The third kappa shape index (κ3) is 6.32. The molecule has 0 aromatic heterocycles. The van der Waals surface area contributed by atoms with E-state index in [1.807, 2.05) is 13.8 Å². The number of hydrogen-bond donors (Lipinski definition) is 1. The van der Waals surface area contributed by atoms with Crippen LogP contribution in [-0.4, -0.2) is 12.9 Å². The molecule has 0 fully saturated rings. The molecule has 0 radical (unpaired) electrons. The summed E-state index contributed by atoms with van der Waals surface area (Å²) in [6.07, 6.45) is -3.11. The topological polar surface area (TPSA) is 45.0 Å². The fourth-order valence-electron chi connectivity index (χ4n) is 1.59. The number of hydrogen-bond acceptors (Lipinski definition) is 3. The molecule has 1 aromatic carbocycles. The van der Waals surface area contributed by atoms with Gasteiger partial charge in [0.1, 0.15) is 5.75 Å². The highest BCUT2D eigenvalue weighted by Crippen LogP contribution is 2.24. The van der Waals surface area contributed by atoms with E-state index in [-0.39, 0.29) is 11.2 Å². The van der Waals surface area contributed by atoms with E-state index in [1.165, 1.54) is 24.3 Å². The number of benzene rings is 1. The summed E-state index contributed by atoms with van der Waals surface area (Å²) in [5.74, 6) is -0.242. The fourth-order valence-corrected chi connectivity index (χ4v) is 1.59. The van der Waals surface area contributed by atoms with E-state index < -0.39 is 6.36 Å². The number of nitrogens with one attached hydrogen (secondary N) is 1. The van der Waals surface area contributed by atoms with Crippen LogP contribution >= 0.6 is 0 Å². The Labute approximate surface area is 116 Å². The van der Waals surface area contributed by atoms with Crippen molar-refractivity contribution in [2.45, 2.75) is 33.1 Å². The van der Waals surface area contributed by atoms with Gasteiger partial charge >= 0.3 is 6.36 Å². The summed E-state index contributed by atoms with van der Waals surface area (Å²) < 4.78 is 39.7. The van der Waals surface area contributed by atoms with Gasteiger partial charge in [0.15, 0.2) is 0 Å². The van der Waals surface area contributed by atoms with E-state index in [0.717, 1.165) is 12.8 Å². The van der Waals surface area contributed by atoms with Crippen LogP contribution in [0.3, 0.4) is 0 Å². The zero-order valence-electron chi connectivity index (χ0n) is 11.4. The largest absolute Gasteiger partial charge is 0.573 e. The second-order valence-electron chi connectivity index (χ2n) is 5.10. The molecule has 1 rings (SSSR count). The number of ether oxygens (including phenoxy) is 1. The molecule has 0 aliphatic heterocycles. The molecule has 0 bridgehead atoms. The first-order valence-electron chi connectivity index (χ1n) is 6.23. The molecule has 20 heavy (non-hydrogen) atoms. The maximum atomic E-state index is 12.0. The zero-order chi connectivity index (χ0) is 15.2. The summed E-state index contributed by atoms with van der Waals surface area (Å²) in [5.41, 5.74) is 0.362. The molecular weight excluding hydrogens is 269 g/mol. The van der Waals surface area contributed by atoms with Gasteiger partial charge in [-0.2, -0.15) is 5.26 Å². The van der Waals surface area contributed by atoms with Gasteiger partial charge in [-0.3, -0.25) is 0 Å². The molecular formula is C14H17F3N2O. The first kappa shape index (κ1) is 16.2. The Morgan fingerprint density at radius 1 is 1.20 bits per heavy atom. The summed E-state index contributed by atoms with van der Waals surface area (Å²) >= 11 is 0. The van der Waals surface area contributed by atoms with E-state index >= 15 is 0 Å². The van der Waals surface area contributed by atoms with Crippen molar-refractivity contribution in [3.05, 3.63) is 24.3 Å². The Balaban J connectivity index is 2.38. The summed E-state index contributed by atoms with van der Waals surface area (Å²) in [6.45, 7) is 4.40. The van der Waals surface area contributed by atoms with E-state index in [0.29, 0.717) is 12.2 Å². The molecule has 0 aliphatic rings. The molecule has 0 atom stereocenters. The van der Waals surface area contributed by atoms with E-state index in [4.69, 9.17) is 5.26 Å². The molecule has 1 aromatic rings. The minimum atomic E-state index is -4.67. The Hall–Kier alpha value is -1.90. The first-order chi connectivity index (χ1) is 9.22. The highest BCUT2D eigenvalue weighted by Gasteiger charge is 2.30. The molecule has 1 N–H and O–H groups in total. The first-order valence-corrected chi connectivity index (χ1v) is 6.23. The lowest BCUT2D eigenvalue weighted by Crippen LogP contribution is -2.17. The van der Waals surface area contributed by atoms with Crippen molar-refractivity contribution in [2.24, 2.45) is 5.41 Å². The second-order valence-corrected chi connectivity index (χ2v) is 5.10. The van der Waals surface area contributed by atoms with Crippen molar-refractivity contribution in [3.63, 3.8) is 0 Å². The van der Waals surface area contributed by atoms with Crippen LogP contribution in [0.4, 0.5) is 18.9 Å². The molecule has 3 nitrogen and oxygen atoms in total. The van der Waals surface area contributed by atoms with Crippen molar-refractivity contribution in [1.29, 1.82) is 5.26 Å². The molecule has 0 unspecified atom stereocenters. The number of anilines is 1. The van der Waals surface area contributed by atoms with Crippen LogP contribution in [-0.2, 0) is 0 Å². The van der Waals surface area contributed by atoms with Gasteiger partial charge in [0.05, 0.1) is 11.5 Å². The van der Waals surface area contributed by atoms with E-state index in [1.54, 1.807) is 0 Å². The van der Waals surface area contributed by atoms with Crippen LogP contribution in [0, 0.1) is 16.7 Å². The molecule has 0 amide bonds. The van der Waals surface area contributed by atoms with Crippen LogP contribution in [0.15, 0.2) is 24.3 Å². The summed E-state index contributed by atoms with van der Waals surface area (Å²) in [4.78, 5) is 0. The maximum Gasteiger partial charge on any atom is 0.573 e. The predicted molar refractivity (Wildman–Crippen MR) is 70.2 cm³/mol. The van der Waals surface area contributed by atoms with Gasteiger partial charge in [-0.25, -0.2) is 0 Å². The lowest BCUT2D eigenvalue weighted by atomic mass is 9.90. The van der Waals surface area contributed by atoms with Crippen molar-refractivity contribution < 1.29 is 17.9 Å². The molecule has 110 valence electrons. The van der Waals surface area contributed by atoms with Crippen LogP contribution < -0.4 is 10.1 Å². The monoisotopic (exact) mass is 286 g/mol. The lowest BCUT2D eigenvalue weighted by Gasteiger charge is -2.15. The Morgan fingerprint density at radius 3 is 2.30 bits per heavy atom. The summed E-state index contributed by atoms with van der Waals surface area (Å²) in [6, 6.07) is 7.78. The van der Waals surface area contributed by atoms with Gasteiger partial charge in [0.25, 0.3) is 0 Å². The van der Waals surface area contributed by atoms with E-state index in [2.05, 4.69) is 16.1 Å². The second kappa shape index (κ2) is 6.51. The van der Waals surface area contributed by atoms with Crippen molar-refractivity contribution >= 4 is 5.69 Å². The molecule has 0 aliphatic carbocycles. The highest BCUT2D eigenvalue weighted by molar-refractivity contribution is 5.46. The molecule has 0 saturated heterocycles. The number of nitriles is 1. The van der Waals surface area contributed by atoms with E-state index in [9.17, 15) is 13.2 Å². The number of rotatable bonds is 6. The smallest absolute Gasteiger partial charge is 0.406 e. The minimum Gasteiger partial charge on any atom is -0.406 e. The zero-order valence-corrected chi connectivity index (χ0v) is 11.4. The molecule has 0 heterocycles. The van der Waals surface area contributed by atoms with Gasteiger partial charge < -0.3 is 10.1 Å². The van der Waals surface area contributed by atoms with Crippen LogP contribution in [0.1, 0.15) is 26.7 Å². The van der Waals surface area contributed by atoms with Crippen molar-refractivity contribution in [2.75, 3.05) is 11.9 Å². The molecule has 6 heteroatoms. The predicted octanol–water partition coefficient (Wildman–Crippen LogP) is 4.33. The average Bonchev–Trinajstić information content (AvgIpc) is 2.35. The fraction of sp³-hybridized carbons (Fsp3) is 0.500. The summed E-state index contributed by atoms with van der Waals surface area (Å²) in [5, 5.41) is 11.9. The third-order valence-corrected chi connectivity index (χ3v) is 2.70. The summed E-state index contributed by atoms with van der Waals surface area (Å²) in [7, 11) is 0. The standard InChI is InChI=1S/C14H17F3N2O/c1-13(2,10-18)8-3-9-19-11-4-6-12(7-5-11)20-14(15,16)17/h4-7,19H,3,8-9H2,1-2H3. The minimum absolute atomic E-state index is 0.242. The van der Waals surface area contributed by atoms with Crippen molar-refractivity contribution in [3.8, 4) is 11.8 Å². The molecule has 0 spiro atoms. The Morgan fingerprint density at radius 2 is 1.80 bits per heavy atom. The van der Waals surface area contributed by atoms with Gasteiger partial charge in [-0.05, 0) is 51.0 Å². The van der Waals surface area contributed by atoms with Crippen LogP contribution in [0.5, 0.6) is 5.75 Å². The maximum absolute atomic E-state index is 12.0. The van der Waals surface area contributed by atoms with Gasteiger partial charge in [-0.1, -0.05) is 0 Å². The third-order valence-electron chi connectivity index (χ3n) is 2.70. The number of alkyl halides is 3. The van der Waals surface area contributed by atoms with Crippen LogP contribution in [0.2, 0.25) is 0 Å². The van der Waals surface area contributed by atoms with Gasteiger partial charge in [0, 0.05) is 12.2 Å². The molecule has 0 saturated carbocycles. The number of halogens is 3. The average molecular weight is 286 g/mol. The van der Waals surface area contributed by atoms with Gasteiger partial charge in [0.2, 0.25) is 0 Å². The quantitative estimate of drug-likeness (QED) is 0.792.